The van der Waals surface area contributed by atoms with Gasteiger partial charge in [0, 0.05) is 69.9 Å². The average molecular weight is 617 g/mol. The Hall–Kier alpha value is -3.79. The first kappa shape index (κ1) is 32.6. The van der Waals surface area contributed by atoms with E-state index in [1.165, 1.54) is 6.07 Å². The lowest BCUT2D eigenvalue weighted by Gasteiger charge is -2.47. The monoisotopic (exact) mass is 616 g/mol. The highest BCUT2D eigenvalue weighted by molar-refractivity contribution is 5.94. The number of nitrogens with zero attached hydrogens (tertiary/aromatic N) is 4. The van der Waals surface area contributed by atoms with Crippen LogP contribution in [0.2, 0.25) is 0 Å². The number of rotatable bonds is 11. The van der Waals surface area contributed by atoms with E-state index in [9.17, 15) is 19.1 Å². The lowest BCUT2D eigenvalue weighted by Crippen LogP contribution is -2.56. The van der Waals surface area contributed by atoms with Gasteiger partial charge in [0.05, 0.1) is 6.04 Å². The molecule has 240 valence electrons. The fourth-order valence-corrected chi connectivity index (χ4v) is 6.76. The van der Waals surface area contributed by atoms with Gasteiger partial charge in [0.2, 0.25) is 0 Å². The predicted molar refractivity (Wildman–Crippen MR) is 173 cm³/mol. The zero-order valence-electron chi connectivity index (χ0n) is 26.3. The first-order valence-corrected chi connectivity index (χ1v) is 16.0. The molecule has 0 aliphatic carbocycles. The van der Waals surface area contributed by atoms with Gasteiger partial charge in [-0.05, 0) is 86.3 Å². The third-order valence-corrected chi connectivity index (χ3v) is 9.18. The second-order valence-corrected chi connectivity index (χ2v) is 12.6. The van der Waals surface area contributed by atoms with Crippen molar-refractivity contribution >= 4 is 11.9 Å². The number of unbranched alkanes of at least 4 members (excludes halogenated alkanes) is 1. The summed E-state index contributed by atoms with van der Waals surface area (Å²) in [5.74, 6) is -0.763. The van der Waals surface area contributed by atoms with Crippen molar-refractivity contribution in [3.8, 4) is 5.75 Å². The number of aliphatic carboxylic acids is 1. The molecule has 3 aromatic rings. The molecular weight excluding hydrogens is 571 g/mol. The van der Waals surface area contributed by atoms with Gasteiger partial charge in [-0.2, -0.15) is 0 Å². The van der Waals surface area contributed by atoms with Crippen LogP contribution in [0, 0.1) is 5.82 Å². The molecule has 2 aliphatic heterocycles. The molecule has 0 saturated carbocycles. The molecule has 0 aromatic heterocycles. The minimum absolute atomic E-state index is 0.0124. The summed E-state index contributed by atoms with van der Waals surface area (Å²) in [4.78, 5) is 33.5. The number of phenolic OH excluding ortho intramolecular Hbond substituents is 1. The van der Waals surface area contributed by atoms with E-state index in [0.29, 0.717) is 31.6 Å². The first-order chi connectivity index (χ1) is 21.7. The number of carboxylic acids is 1. The van der Waals surface area contributed by atoms with Crippen LogP contribution in [0.15, 0.2) is 72.8 Å². The number of hydrogen-bond acceptors (Lipinski definition) is 6. The SMILES string of the molecule is C[C@@H]1CN(C(c2cccc(O)c2)c2cccc(C(=O)N3CCN(CCCCC(=O)O)CC3)c2)[C@@H](C)CN1Cc1cccc(F)c1. The molecule has 2 fully saturated rings. The lowest BCUT2D eigenvalue weighted by atomic mass is 9.92. The van der Waals surface area contributed by atoms with Crippen molar-refractivity contribution in [1.29, 1.82) is 0 Å². The largest absolute Gasteiger partial charge is 0.508 e. The Morgan fingerprint density at radius 3 is 2.29 bits per heavy atom. The van der Waals surface area contributed by atoms with E-state index < -0.39 is 5.97 Å². The number of piperazine rings is 2. The van der Waals surface area contributed by atoms with Crippen molar-refractivity contribution in [3.63, 3.8) is 0 Å². The number of halogens is 1. The van der Waals surface area contributed by atoms with E-state index in [1.54, 1.807) is 18.2 Å². The van der Waals surface area contributed by atoms with Gasteiger partial charge in [-0.3, -0.25) is 24.3 Å². The molecule has 3 atom stereocenters. The maximum Gasteiger partial charge on any atom is 0.303 e. The number of hydrogen-bond donors (Lipinski definition) is 2. The van der Waals surface area contributed by atoms with E-state index in [2.05, 4.69) is 34.6 Å². The molecule has 45 heavy (non-hydrogen) atoms. The van der Waals surface area contributed by atoms with Crippen LogP contribution >= 0.6 is 0 Å². The van der Waals surface area contributed by atoms with Crippen molar-refractivity contribution in [2.24, 2.45) is 0 Å². The highest BCUT2D eigenvalue weighted by atomic mass is 19.1. The molecule has 1 amide bonds. The summed E-state index contributed by atoms with van der Waals surface area (Å²) < 4.78 is 13.9. The minimum Gasteiger partial charge on any atom is -0.508 e. The van der Waals surface area contributed by atoms with E-state index in [-0.39, 0.29) is 42.0 Å². The maximum absolute atomic E-state index is 13.9. The molecule has 1 unspecified atom stereocenters. The van der Waals surface area contributed by atoms with Crippen molar-refractivity contribution in [2.75, 3.05) is 45.8 Å². The van der Waals surface area contributed by atoms with Crippen LogP contribution in [0.25, 0.3) is 0 Å². The normalized spacial score (nSPS) is 20.6. The zero-order chi connectivity index (χ0) is 31.9. The molecule has 8 nitrogen and oxygen atoms in total. The summed E-state index contributed by atoms with van der Waals surface area (Å²) in [6.45, 7) is 10.3. The zero-order valence-corrected chi connectivity index (χ0v) is 26.3. The summed E-state index contributed by atoms with van der Waals surface area (Å²) in [5.41, 5.74) is 3.57. The summed E-state index contributed by atoms with van der Waals surface area (Å²) >= 11 is 0. The lowest BCUT2D eigenvalue weighted by molar-refractivity contribution is -0.137. The van der Waals surface area contributed by atoms with Crippen LogP contribution in [0.1, 0.15) is 66.2 Å². The number of carbonyl (C=O) groups excluding carboxylic acids is 1. The van der Waals surface area contributed by atoms with Crippen LogP contribution in [0.5, 0.6) is 5.75 Å². The van der Waals surface area contributed by atoms with Crippen molar-refractivity contribution in [1.82, 2.24) is 19.6 Å². The molecule has 9 heteroatoms. The Morgan fingerprint density at radius 1 is 0.867 bits per heavy atom. The van der Waals surface area contributed by atoms with Gasteiger partial charge in [-0.25, -0.2) is 4.39 Å². The third-order valence-electron chi connectivity index (χ3n) is 9.18. The maximum atomic E-state index is 13.9. The highest BCUT2D eigenvalue weighted by Gasteiger charge is 2.35. The summed E-state index contributed by atoms with van der Waals surface area (Å²) in [7, 11) is 0. The Morgan fingerprint density at radius 2 is 1.58 bits per heavy atom. The molecule has 0 radical (unpaired) electrons. The molecule has 2 N–H and O–H groups in total. The second-order valence-electron chi connectivity index (χ2n) is 12.6. The smallest absolute Gasteiger partial charge is 0.303 e. The Labute approximate surface area is 265 Å². The minimum atomic E-state index is -0.758. The van der Waals surface area contributed by atoms with E-state index in [1.807, 2.05) is 47.4 Å². The Bertz CT molecular complexity index is 1460. The summed E-state index contributed by atoms with van der Waals surface area (Å²) in [6, 6.07) is 22.3. The number of carboxylic acid groups (broad SMARTS) is 1. The van der Waals surface area contributed by atoms with Crippen LogP contribution < -0.4 is 0 Å². The fourth-order valence-electron chi connectivity index (χ4n) is 6.76. The molecular formula is C36H45FN4O4. The van der Waals surface area contributed by atoms with Gasteiger partial charge in [-0.1, -0.05) is 36.4 Å². The average Bonchev–Trinajstić information content (AvgIpc) is 3.02. The number of carbonyl (C=O) groups is 2. The number of benzene rings is 3. The molecule has 2 aliphatic rings. The van der Waals surface area contributed by atoms with Gasteiger partial charge >= 0.3 is 5.97 Å². The van der Waals surface area contributed by atoms with Gasteiger partial charge in [0.1, 0.15) is 11.6 Å². The molecule has 2 saturated heterocycles. The summed E-state index contributed by atoms with van der Waals surface area (Å²) in [5, 5.41) is 19.3. The van der Waals surface area contributed by atoms with Crippen LogP contribution in [0.4, 0.5) is 4.39 Å². The molecule has 2 heterocycles. The Kier molecular flexibility index (Phi) is 10.9. The summed E-state index contributed by atoms with van der Waals surface area (Å²) in [6.07, 6.45) is 1.70. The molecule has 3 aromatic carbocycles. The van der Waals surface area contributed by atoms with Crippen LogP contribution in [-0.4, -0.2) is 99.6 Å². The van der Waals surface area contributed by atoms with E-state index in [0.717, 1.165) is 55.8 Å². The topological polar surface area (TPSA) is 87.6 Å². The molecule has 0 spiro atoms. The molecule has 5 rings (SSSR count). The van der Waals surface area contributed by atoms with Gasteiger partial charge in [-0.15, -0.1) is 0 Å². The number of phenols is 1. The van der Waals surface area contributed by atoms with Gasteiger partial charge in [0.25, 0.3) is 5.91 Å². The standard InChI is InChI=1S/C36H45FN4O4/c1-26-24-41(27(2)23-40(26)25-28-8-5-12-32(37)20-28)35(30-10-7-13-33(42)22-30)29-9-6-11-31(21-29)36(45)39-18-16-38(17-19-39)15-4-3-14-34(43)44/h5-13,20-22,26-27,35,42H,3-4,14-19,23-25H2,1-2H3,(H,43,44)/t26-,27+,35?/m1/s1. The third kappa shape index (κ3) is 8.48. The van der Waals surface area contributed by atoms with E-state index >= 15 is 0 Å². The fraction of sp³-hybridized carbons (Fsp3) is 0.444. The first-order valence-electron chi connectivity index (χ1n) is 16.0. The van der Waals surface area contributed by atoms with E-state index in [4.69, 9.17) is 5.11 Å². The number of aromatic hydroxyl groups is 1. The Balaban J connectivity index is 1.31. The van der Waals surface area contributed by atoms with Gasteiger partial charge < -0.3 is 15.1 Å². The van der Waals surface area contributed by atoms with Crippen molar-refractivity contribution in [3.05, 3.63) is 101 Å². The quantitative estimate of drug-likeness (QED) is 0.286. The number of amides is 1. The second kappa shape index (κ2) is 15.0. The van der Waals surface area contributed by atoms with Crippen molar-refractivity contribution < 1.29 is 24.2 Å². The molecule has 0 bridgehead atoms. The van der Waals surface area contributed by atoms with Crippen molar-refractivity contribution in [2.45, 2.75) is 57.8 Å². The van der Waals surface area contributed by atoms with Gasteiger partial charge in [0.15, 0.2) is 0 Å². The predicted octanol–water partition coefficient (Wildman–Crippen LogP) is 5.23. The highest BCUT2D eigenvalue weighted by Crippen LogP contribution is 2.35. The van der Waals surface area contributed by atoms with Crippen LogP contribution in [0.3, 0.4) is 0 Å². The van der Waals surface area contributed by atoms with Crippen LogP contribution in [-0.2, 0) is 11.3 Å².